The molecule has 0 spiro atoms. The quantitative estimate of drug-likeness (QED) is 0.736. The Labute approximate surface area is 164 Å². The van der Waals surface area contributed by atoms with Crippen molar-refractivity contribution in [2.45, 2.75) is 11.4 Å². The molecule has 1 heterocycles. The number of sulfonamides is 1. The molecule has 8 heteroatoms. The summed E-state index contributed by atoms with van der Waals surface area (Å²) in [5.41, 5.74) is 0.758. The van der Waals surface area contributed by atoms with Crippen LogP contribution in [-0.4, -0.2) is 56.4 Å². The van der Waals surface area contributed by atoms with Crippen LogP contribution in [0.25, 0.3) is 0 Å². The molecule has 2 aromatic rings. The number of hydrogen-bond donors (Lipinski definition) is 0. The Morgan fingerprint density at radius 1 is 1.04 bits per heavy atom. The maximum absolute atomic E-state index is 13.1. The van der Waals surface area contributed by atoms with E-state index in [-0.39, 0.29) is 23.9 Å². The first-order valence-electron chi connectivity index (χ1n) is 8.62. The number of carbonyl (C=O) groups is 1. The molecule has 0 radical (unpaired) electrons. The van der Waals surface area contributed by atoms with Gasteiger partial charge in [0.1, 0.15) is 0 Å². The molecule has 0 aromatic heterocycles. The second-order valence-electron chi connectivity index (χ2n) is 6.21. The molecule has 27 heavy (non-hydrogen) atoms. The van der Waals surface area contributed by atoms with Crippen molar-refractivity contribution >= 4 is 27.5 Å². The highest BCUT2D eigenvalue weighted by Gasteiger charge is 2.29. The summed E-state index contributed by atoms with van der Waals surface area (Å²) in [5.74, 6) is -0.230. The van der Waals surface area contributed by atoms with Gasteiger partial charge in [-0.3, -0.25) is 4.79 Å². The molecular formula is C19H21ClN2O4S. The van der Waals surface area contributed by atoms with Crippen LogP contribution < -0.4 is 0 Å². The fraction of sp³-hybridized carbons (Fsp3) is 0.316. The average Bonchev–Trinajstić information content (AvgIpc) is 2.70. The number of nitrogens with zero attached hydrogens (tertiary/aromatic N) is 2. The molecule has 1 aliphatic heterocycles. The SMILES string of the molecule is O=C(CN(Cc1ccc(Cl)cc1)S(=O)(=O)c1ccccc1)N1CCOCC1. The third-order valence-corrected chi connectivity index (χ3v) is 6.39. The van der Waals surface area contributed by atoms with Crippen LogP contribution in [0.15, 0.2) is 59.5 Å². The highest BCUT2D eigenvalue weighted by molar-refractivity contribution is 7.89. The Morgan fingerprint density at radius 2 is 1.67 bits per heavy atom. The Bertz CT molecular complexity index is 866. The first-order valence-corrected chi connectivity index (χ1v) is 10.4. The van der Waals surface area contributed by atoms with E-state index in [0.29, 0.717) is 31.3 Å². The van der Waals surface area contributed by atoms with E-state index in [2.05, 4.69) is 0 Å². The minimum atomic E-state index is -3.82. The molecule has 1 amide bonds. The molecule has 0 unspecified atom stereocenters. The first kappa shape index (κ1) is 19.8. The van der Waals surface area contributed by atoms with E-state index < -0.39 is 10.0 Å². The molecule has 1 saturated heterocycles. The Morgan fingerprint density at radius 3 is 2.30 bits per heavy atom. The van der Waals surface area contributed by atoms with Gasteiger partial charge in [0.2, 0.25) is 15.9 Å². The van der Waals surface area contributed by atoms with Crippen LogP contribution >= 0.6 is 11.6 Å². The summed E-state index contributed by atoms with van der Waals surface area (Å²) in [7, 11) is -3.82. The summed E-state index contributed by atoms with van der Waals surface area (Å²) in [6.07, 6.45) is 0. The van der Waals surface area contributed by atoms with E-state index in [1.54, 1.807) is 47.4 Å². The van der Waals surface area contributed by atoms with Crippen molar-refractivity contribution in [2.24, 2.45) is 0 Å². The predicted molar refractivity (Wildman–Crippen MR) is 103 cm³/mol. The van der Waals surface area contributed by atoms with Gasteiger partial charge in [-0.1, -0.05) is 41.9 Å². The van der Waals surface area contributed by atoms with Crippen molar-refractivity contribution in [1.29, 1.82) is 0 Å². The summed E-state index contributed by atoms with van der Waals surface area (Å²) in [5, 5.41) is 0.570. The van der Waals surface area contributed by atoms with Gasteiger partial charge in [0, 0.05) is 24.7 Å². The Kier molecular flexibility index (Phi) is 6.49. The smallest absolute Gasteiger partial charge is 0.243 e. The number of benzene rings is 2. The van der Waals surface area contributed by atoms with Gasteiger partial charge in [0.05, 0.1) is 24.7 Å². The standard InChI is InChI=1S/C19H21ClN2O4S/c20-17-8-6-16(7-9-17)14-22(15-19(23)21-10-12-26-13-11-21)27(24,25)18-4-2-1-3-5-18/h1-9H,10-15H2. The highest BCUT2D eigenvalue weighted by Crippen LogP contribution is 2.20. The van der Waals surface area contributed by atoms with Crippen molar-refractivity contribution in [2.75, 3.05) is 32.8 Å². The zero-order valence-electron chi connectivity index (χ0n) is 14.8. The van der Waals surface area contributed by atoms with E-state index in [9.17, 15) is 13.2 Å². The van der Waals surface area contributed by atoms with Crippen LogP contribution in [0.3, 0.4) is 0 Å². The second kappa shape index (κ2) is 8.84. The largest absolute Gasteiger partial charge is 0.378 e. The minimum Gasteiger partial charge on any atom is -0.378 e. The lowest BCUT2D eigenvalue weighted by molar-refractivity contribution is -0.135. The van der Waals surface area contributed by atoms with Crippen molar-refractivity contribution in [1.82, 2.24) is 9.21 Å². The molecule has 1 fully saturated rings. The number of halogens is 1. The maximum atomic E-state index is 13.1. The van der Waals surface area contributed by atoms with Gasteiger partial charge >= 0.3 is 0 Å². The lowest BCUT2D eigenvalue weighted by atomic mass is 10.2. The van der Waals surface area contributed by atoms with Crippen LogP contribution in [-0.2, 0) is 26.1 Å². The molecule has 2 aromatic carbocycles. The topological polar surface area (TPSA) is 66.9 Å². The average molecular weight is 409 g/mol. The molecular weight excluding hydrogens is 388 g/mol. The van der Waals surface area contributed by atoms with E-state index in [1.807, 2.05) is 0 Å². The van der Waals surface area contributed by atoms with Crippen LogP contribution in [0, 0.1) is 0 Å². The van der Waals surface area contributed by atoms with Crippen LogP contribution in [0.2, 0.25) is 5.02 Å². The van der Waals surface area contributed by atoms with Crippen molar-refractivity contribution in [3.8, 4) is 0 Å². The lowest BCUT2D eigenvalue weighted by Crippen LogP contribution is -2.46. The van der Waals surface area contributed by atoms with Gasteiger partial charge in [0.15, 0.2) is 0 Å². The normalized spacial score (nSPS) is 15.1. The van der Waals surface area contributed by atoms with Gasteiger partial charge in [-0.05, 0) is 29.8 Å². The highest BCUT2D eigenvalue weighted by atomic mass is 35.5. The molecule has 0 bridgehead atoms. The summed E-state index contributed by atoms with van der Waals surface area (Å²) in [4.78, 5) is 14.5. The molecule has 144 valence electrons. The minimum absolute atomic E-state index is 0.0878. The number of ether oxygens (including phenoxy) is 1. The fourth-order valence-electron chi connectivity index (χ4n) is 2.82. The van der Waals surface area contributed by atoms with E-state index in [4.69, 9.17) is 16.3 Å². The van der Waals surface area contributed by atoms with Gasteiger partial charge in [-0.2, -0.15) is 4.31 Å². The molecule has 0 N–H and O–H groups in total. The summed E-state index contributed by atoms with van der Waals surface area (Å²) >= 11 is 5.92. The zero-order valence-corrected chi connectivity index (χ0v) is 16.3. The van der Waals surface area contributed by atoms with E-state index >= 15 is 0 Å². The lowest BCUT2D eigenvalue weighted by Gasteiger charge is -2.29. The van der Waals surface area contributed by atoms with Crippen molar-refractivity contribution in [3.63, 3.8) is 0 Å². The molecule has 3 rings (SSSR count). The van der Waals surface area contributed by atoms with Crippen molar-refractivity contribution in [3.05, 3.63) is 65.2 Å². The Hall–Kier alpha value is -1.93. The van der Waals surface area contributed by atoms with Crippen LogP contribution in [0.1, 0.15) is 5.56 Å². The van der Waals surface area contributed by atoms with Gasteiger partial charge in [0.25, 0.3) is 0 Å². The van der Waals surface area contributed by atoms with Gasteiger partial charge < -0.3 is 9.64 Å². The van der Waals surface area contributed by atoms with Crippen molar-refractivity contribution < 1.29 is 17.9 Å². The third kappa shape index (κ3) is 5.07. The summed E-state index contributed by atoms with van der Waals surface area (Å²) in [6, 6.07) is 15.1. The van der Waals surface area contributed by atoms with E-state index in [1.165, 1.54) is 16.4 Å². The number of rotatable bonds is 6. The molecule has 6 nitrogen and oxygen atoms in total. The number of carbonyl (C=O) groups excluding carboxylic acids is 1. The predicted octanol–water partition coefficient (Wildman–Crippen LogP) is 2.39. The zero-order chi connectivity index (χ0) is 19.3. The third-order valence-electron chi connectivity index (χ3n) is 4.33. The summed E-state index contributed by atoms with van der Waals surface area (Å²) in [6.45, 7) is 1.74. The van der Waals surface area contributed by atoms with E-state index in [0.717, 1.165) is 5.56 Å². The number of amides is 1. The number of morpholine rings is 1. The van der Waals surface area contributed by atoms with Crippen LogP contribution in [0.4, 0.5) is 0 Å². The van der Waals surface area contributed by atoms with Gasteiger partial charge in [-0.15, -0.1) is 0 Å². The maximum Gasteiger partial charge on any atom is 0.243 e. The molecule has 1 aliphatic rings. The van der Waals surface area contributed by atoms with Crippen LogP contribution in [0.5, 0.6) is 0 Å². The molecule has 0 atom stereocenters. The monoisotopic (exact) mass is 408 g/mol. The second-order valence-corrected chi connectivity index (χ2v) is 8.58. The Balaban J connectivity index is 1.85. The summed E-state index contributed by atoms with van der Waals surface area (Å²) < 4.78 is 32.7. The molecule has 0 aliphatic carbocycles. The molecule has 0 saturated carbocycles. The number of hydrogen-bond acceptors (Lipinski definition) is 4. The fourth-order valence-corrected chi connectivity index (χ4v) is 4.35. The first-order chi connectivity index (χ1) is 13.0. The van der Waals surface area contributed by atoms with Gasteiger partial charge in [-0.25, -0.2) is 8.42 Å².